The molecule has 2 N–H and O–H groups in total. The van der Waals surface area contributed by atoms with Crippen LogP contribution in [0, 0.1) is 5.92 Å². The average molecular weight is 852 g/mol. The van der Waals surface area contributed by atoms with Gasteiger partial charge in [-0.05, 0) is 69.9 Å². The minimum atomic E-state index is -1.57. The van der Waals surface area contributed by atoms with Crippen molar-refractivity contribution in [1.29, 1.82) is 0 Å². The standard InChI is InChI=1S/C47H54N3O10P/c1-6-55-44(52)41(27-34-23-25-38(26-24-34)58-46(54)59-47(3,4)5)48-43(51)37(29-39-30-40(50-60-39)36-21-15-10-16-22-36)32-61(57-7-2)42(28-33-17-11-8-12-18-33)49-45(53)56-31-35-19-13-9-14-20-35/h8-26,30,37,41-42H,6-7,27-29,31-32H2,1-5H3,(H,48,51)(H,49,53)/t37-,41?,42-,61?/m1/s1. The zero-order valence-electron chi connectivity index (χ0n) is 35.2. The number of ether oxygens (including phenoxy) is 4. The van der Waals surface area contributed by atoms with Crippen LogP contribution in [0.5, 0.6) is 5.75 Å². The minimum absolute atomic E-state index is 0.0757. The Morgan fingerprint density at radius 2 is 1.34 bits per heavy atom. The zero-order chi connectivity index (χ0) is 43.6. The predicted molar refractivity (Wildman–Crippen MR) is 232 cm³/mol. The van der Waals surface area contributed by atoms with Crippen LogP contribution in [0.2, 0.25) is 0 Å². The Morgan fingerprint density at radius 1 is 0.721 bits per heavy atom. The van der Waals surface area contributed by atoms with Crippen molar-refractivity contribution >= 4 is 32.3 Å². The van der Waals surface area contributed by atoms with E-state index in [-0.39, 0.29) is 38.0 Å². The van der Waals surface area contributed by atoms with Gasteiger partial charge in [0, 0.05) is 37.2 Å². The van der Waals surface area contributed by atoms with Gasteiger partial charge in [-0.1, -0.05) is 108 Å². The van der Waals surface area contributed by atoms with E-state index in [0.717, 1.165) is 16.7 Å². The second-order valence-electron chi connectivity index (χ2n) is 15.1. The lowest BCUT2D eigenvalue weighted by Gasteiger charge is -2.30. The highest BCUT2D eigenvalue weighted by molar-refractivity contribution is 7.53. The summed E-state index contributed by atoms with van der Waals surface area (Å²) in [5.74, 6) is -1.73. The Kier molecular flexibility index (Phi) is 17.4. The number of hydrogen-bond donors (Lipinski definition) is 2. The molecule has 2 unspecified atom stereocenters. The van der Waals surface area contributed by atoms with E-state index in [2.05, 4.69) is 15.8 Å². The van der Waals surface area contributed by atoms with Crippen LogP contribution < -0.4 is 15.4 Å². The van der Waals surface area contributed by atoms with Crippen LogP contribution in [0.25, 0.3) is 11.3 Å². The Bertz CT molecular complexity index is 2130. The molecular weight excluding hydrogens is 798 g/mol. The molecule has 0 spiro atoms. The zero-order valence-corrected chi connectivity index (χ0v) is 36.1. The quantitative estimate of drug-likeness (QED) is 0.0332. The van der Waals surface area contributed by atoms with Gasteiger partial charge in [0.1, 0.15) is 35.5 Å². The fraction of sp³-hybridized carbons (Fsp3) is 0.340. The summed E-state index contributed by atoms with van der Waals surface area (Å²) in [6.07, 6.45) is -0.690. The van der Waals surface area contributed by atoms with Crippen molar-refractivity contribution < 1.29 is 47.2 Å². The fourth-order valence-electron chi connectivity index (χ4n) is 6.28. The Labute approximate surface area is 358 Å². The topological polar surface area (TPSA) is 165 Å². The third-order valence-corrected chi connectivity index (χ3v) is 11.5. The molecule has 2 amide bonds. The smallest absolute Gasteiger partial charge is 0.464 e. The van der Waals surface area contributed by atoms with Gasteiger partial charge < -0.3 is 38.6 Å². The lowest BCUT2D eigenvalue weighted by molar-refractivity contribution is -0.147. The van der Waals surface area contributed by atoms with Crippen molar-refractivity contribution in [3.05, 3.63) is 144 Å². The molecule has 4 atom stereocenters. The number of nitrogens with zero attached hydrogens (tertiary/aromatic N) is 1. The van der Waals surface area contributed by atoms with Gasteiger partial charge in [-0.25, -0.2) is 14.4 Å². The summed E-state index contributed by atoms with van der Waals surface area (Å²) in [5, 5.41) is 10.3. The summed E-state index contributed by atoms with van der Waals surface area (Å²) in [6, 6.07) is 35.9. The molecular formula is C47H54N3O10P. The maximum Gasteiger partial charge on any atom is 0.514 e. The number of nitrogens with one attached hydrogen (secondary N) is 2. The maximum absolute atomic E-state index is 14.6. The van der Waals surface area contributed by atoms with E-state index in [4.69, 9.17) is 28.0 Å². The number of hydrogen-bond acceptors (Lipinski definition) is 11. The lowest BCUT2D eigenvalue weighted by atomic mass is 10.0. The van der Waals surface area contributed by atoms with Crippen molar-refractivity contribution in [1.82, 2.24) is 15.8 Å². The number of alkyl carbamates (subject to hydrolysis) is 1. The van der Waals surface area contributed by atoms with E-state index in [0.29, 0.717) is 30.0 Å². The van der Waals surface area contributed by atoms with Gasteiger partial charge in [0.25, 0.3) is 0 Å². The number of amides is 2. The lowest BCUT2D eigenvalue weighted by Crippen LogP contribution is -2.47. The van der Waals surface area contributed by atoms with Crippen LogP contribution in [0.3, 0.4) is 0 Å². The molecule has 0 saturated carbocycles. The number of aromatic nitrogens is 1. The molecule has 0 radical (unpaired) electrons. The Hall–Kier alpha value is -6.04. The molecule has 0 aliphatic rings. The van der Waals surface area contributed by atoms with Gasteiger partial charge in [0.15, 0.2) is 0 Å². The SMILES string of the molecule is CCOC(=O)C(Cc1ccc(OC(=O)OC(C)(C)C)cc1)NC(=O)[C@H](Cc1cc(-c2ccccc2)no1)CP(OCC)[C@H](Cc1ccccc1)NC(=O)OCc1ccccc1. The number of carbonyl (C=O) groups excluding carboxylic acids is 4. The van der Waals surface area contributed by atoms with Crippen molar-refractivity contribution in [2.75, 3.05) is 19.4 Å². The highest BCUT2D eigenvalue weighted by Gasteiger charge is 2.34. The van der Waals surface area contributed by atoms with Crippen LogP contribution in [-0.4, -0.2) is 66.1 Å². The van der Waals surface area contributed by atoms with Crippen LogP contribution in [0.15, 0.2) is 126 Å². The van der Waals surface area contributed by atoms with E-state index >= 15 is 0 Å². The molecule has 5 aromatic rings. The highest BCUT2D eigenvalue weighted by atomic mass is 31.1. The molecule has 14 heteroatoms. The van der Waals surface area contributed by atoms with E-state index in [9.17, 15) is 19.2 Å². The van der Waals surface area contributed by atoms with Gasteiger partial charge in [-0.2, -0.15) is 0 Å². The number of benzene rings is 4. The third kappa shape index (κ3) is 15.5. The van der Waals surface area contributed by atoms with Gasteiger partial charge in [0.05, 0.1) is 26.5 Å². The van der Waals surface area contributed by atoms with Crippen LogP contribution in [0.4, 0.5) is 9.59 Å². The number of carbonyl (C=O) groups is 4. The molecule has 0 saturated heterocycles. The highest BCUT2D eigenvalue weighted by Crippen LogP contribution is 2.45. The molecule has 322 valence electrons. The normalized spacial score (nSPS) is 13.2. The summed E-state index contributed by atoms with van der Waals surface area (Å²) in [5.41, 5.74) is 3.19. The van der Waals surface area contributed by atoms with E-state index in [1.807, 2.05) is 97.9 Å². The number of rotatable bonds is 20. The van der Waals surface area contributed by atoms with Gasteiger partial charge in [0.2, 0.25) is 5.91 Å². The van der Waals surface area contributed by atoms with E-state index in [1.165, 1.54) is 0 Å². The molecule has 1 aromatic heterocycles. The molecule has 0 fully saturated rings. The summed E-state index contributed by atoms with van der Waals surface area (Å²) in [6.45, 7) is 9.25. The monoisotopic (exact) mass is 851 g/mol. The molecule has 0 aliphatic heterocycles. The summed E-state index contributed by atoms with van der Waals surface area (Å²) >= 11 is 0. The molecule has 0 bridgehead atoms. The Balaban J connectivity index is 1.41. The predicted octanol–water partition coefficient (Wildman–Crippen LogP) is 9.03. The molecule has 5 rings (SSSR count). The fourth-order valence-corrected chi connectivity index (χ4v) is 8.54. The molecule has 13 nitrogen and oxygen atoms in total. The summed E-state index contributed by atoms with van der Waals surface area (Å²) in [4.78, 5) is 53.7. The van der Waals surface area contributed by atoms with E-state index in [1.54, 1.807) is 58.0 Å². The second kappa shape index (κ2) is 23.1. The van der Waals surface area contributed by atoms with Crippen molar-refractivity contribution in [2.45, 2.75) is 77.9 Å². The van der Waals surface area contributed by atoms with Crippen LogP contribution in [-0.2, 0) is 54.2 Å². The molecule has 4 aromatic carbocycles. The first-order valence-corrected chi connectivity index (χ1v) is 21.8. The second-order valence-corrected chi connectivity index (χ2v) is 17.2. The molecule has 61 heavy (non-hydrogen) atoms. The van der Waals surface area contributed by atoms with Gasteiger partial charge >= 0.3 is 18.2 Å². The summed E-state index contributed by atoms with van der Waals surface area (Å²) < 4.78 is 33.8. The third-order valence-electron chi connectivity index (χ3n) is 9.10. The van der Waals surface area contributed by atoms with Crippen LogP contribution in [0.1, 0.15) is 57.1 Å². The number of esters is 1. The first kappa shape index (κ1) is 46.0. The average Bonchev–Trinajstić information content (AvgIpc) is 3.72. The van der Waals surface area contributed by atoms with E-state index < -0.39 is 55.6 Å². The van der Waals surface area contributed by atoms with Crippen LogP contribution >= 0.6 is 8.15 Å². The molecule has 1 heterocycles. The maximum atomic E-state index is 14.6. The minimum Gasteiger partial charge on any atom is -0.464 e. The van der Waals surface area contributed by atoms with Crippen molar-refractivity contribution in [3.63, 3.8) is 0 Å². The molecule has 0 aliphatic carbocycles. The summed E-state index contributed by atoms with van der Waals surface area (Å²) in [7, 11) is -1.57. The van der Waals surface area contributed by atoms with Crippen molar-refractivity contribution in [2.24, 2.45) is 5.92 Å². The largest absolute Gasteiger partial charge is 0.514 e. The van der Waals surface area contributed by atoms with Gasteiger partial charge in [-0.3, -0.25) is 4.79 Å². The first-order valence-electron chi connectivity index (χ1n) is 20.3. The Morgan fingerprint density at radius 3 is 1.97 bits per heavy atom. The van der Waals surface area contributed by atoms with Gasteiger partial charge in [-0.15, -0.1) is 0 Å². The van der Waals surface area contributed by atoms with Crippen molar-refractivity contribution in [3.8, 4) is 17.0 Å². The first-order chi connectivity index (χ1) is 29.4.